The number of rotatable bonds is 6. The molecule has 0 saturated carbocycles. The highest BCUT2D eigenvalue weighted by atomic mass is 32.2. The maximum absolute atomic E-state index is 4.06. The van der Waals surface area contributed by atoms with Crippen molar-refractivity contribution in [3.8, 4) is 0 Å². The van der Waals surface area contributed by atoms with Crippen molar-refractivity contribution in [2.24, 2.45) is 5.41 Å². The maximum Gasteiger partial charge on any atom is 0.0945 e. The van der Waals surface area contributed by atoms with Crippen LogP contribution in [0.1, 0.15) is 33.1 Å². The zero-order valence-electron chi connectivity index (χ0n) is 11.6. The van der Waals surface area contributed by atoms with E-state index in [1.165, 1.54) is 30.8 Å². The Morgan fingerprint density at radius 3 is 3.06 bits per heavy atom. The first kappa shape index (κ1) is 13.9. The first-order valence-electron chi connectivity index (χ1n) is 6.93. The Kier molecular flexibility index (Phi) is 5.13. The number of unbranched alkanes of at least 4 members (excludes halogenated alkanes) is 1. The van der Waals surface area contributed by atoms with Crippen LogP contribution < -0.4 is 5.32 Å². The fourth-order valence-electron chi connectivity index (χ4n) is 2.54. The summed E-state index contributed by atoms with van der Waals surface area (Å²) in [6.45, 7) is 7.00. The van der Waals surface area contributed by atoms with Gasteiger partial charge in [-0.15, -0.1) is 0 Å². The monoisotopic (exact) mass is 267 g/mol. The molecule has 0 amide bonds. The van der Waals surface area contributed by atoms with Crippen LogP contribution in [0, 0.1) is 5.41 Å². The average molecular weight is 267 g/mol. The Balaban J connectivity index is 1.55. The van der Waals surface area contributed by atoms with Gasteiger partial charge in [0.2, 0.25) is 0 Å². The lowest BCUT2D eigenvalue weighted by molar-refractivity contribution is 0.317. The lowest BCUT2D eigenvalue weighted by Gasteiger charge is -2.35. The van der Waals surface area contributed by atoms with Gasteiger partial charge in [-0.25, -0.2) is 4.98 Å². The molecule has 0 spiro atoms. The molecule has 0 aliphatic carbocycles. The van der Waals surface area contributed by atoms with Crippen LogP contribution in [0.2, 0.25) is 0 Å². The van der Waals surface area contributed by atoms with Gasteiger partial charge in [0.15, 0.2) is 0 Å². The SMILES string of the molecule is CC1(C)CSCC(NCCCCn2ccnc2)C1. The highest BCUT2D eigenvalue weighted by Gasteiger charge is 2.27. The second-order valence-electron chi connectivity index (χ2n) is 6.04. The third-order valence-corrected chi connectivity index (χ3v) is 5.07. The molecule has 3 nitrogen and oxygen atoms in total. The van der Waals surface area contributed by atoms with Crippen LogP contribution in [0.5, 0.6) is 0 Å². The summed E-state index contributed by atoms with van der Waals surface area (Å²) in [6.07, 6.45) is 9.58. The molecule has 0 aromatic carbocycles. The molecule has 1 aliphatic rings. The summed E-state index contributed by atoms with van der Waals surface area (Å²) in [7, 11) is 0. The first-order valence-corrected chi connectivity index (χ1v) is 8.08. The molecular weight excluding hydrogens is 242 g/mol. The van der Waals surface area contributed by atoms with Crippen LogP contribution in [0.3, 0.4) is 0 Å². The molecule has 1 fully saturated rings. The summed E-state index contributed by atoms with van der Waals surface area (Å²) in [5.41, 5.74) is 0.511. The van der Waals surface area contributed by atoms with Crippen molar-refractivity contribution in [2.45, 2.75) is 45.7 Å². The van der Waals surface area contributed by atoms with Crippen molar-refractivity contribution in [1.82, 2.24) is 14.9 Å². The quantitative estimate of drug-likeness (QED) is 0.804. The van der Waals surface area contributed by atoms with E-state index >= 15 is 0 Å². The van der Waals surface area contributed by atoms with Crippen molar-refractivity contribution in [3.05, 3.63) is 18.7 Å². The van der Waals surface area contributed by atoms with Crippen molar-refractivity contribution in [2.75, 3.05) is 18.1 Å². The van der Waals surface area contributed by atoms with Crippen LogP contribution in [-0.2, 0) is 6.54 Å². The van der Waals surface area contributed by atoms with Crippen LogP contribution >= 0.6 is 11.8 Å². The maximum atomic E-state index is 4.06. The van der Waals surface area contributed by atoms with E-state index in [0.717, 1.165) is 13.1 Å². The summed E-state index contributed by atoms with van der Waals surface area (Å²) >= 11 is 2.10. The smallest absolute Gasteiger partial charge is 0.0945 e. The molecule has 1 unspecified atom stereocenters. The minimum absolute atomic E-state index is 0.511. The van der Waals surface area contributed by atoms with E-state index in [1.807, 2.05) is 18.7 Å². The number of nitrogens with zero attached hydrogens (tertiary/aromatic N) is 2. The second kappa shape index (κ2) is 6.62. The Bertz CT molecular complexity index is 335. The lowest BCUT2D eigenvalue weighted by Crippen LogP contribution is -2.40. The number of aromatic nitrogens is 2. The normalized spacial score (nSPS) is 23.1. The van der Waals surface area contributed by atoms with Crippen molar-refractivity contribution in [3.63, 3.8) is 0 Å². The number of imidazole rings is 1. The molecule has 1 atom stereocenters. The molecule has 1 N–H and O–H groups in total. The van der Waals surface area contributed by atoms with Gasteiger partial charge in [-0.1, -0.05) is 13.8 Å². The van der Waals surface area contributed by atoms with Gasteiger partial charge < -0.3 is 9.88 Å². The topological polar surface area (TPSA) is 29.9 Å². The standard InChI is InChI=1S/C14H25N3S/c1-14(2)9-13(10-18-11-14)16-5-3-4-7-17-8-6-15-12-17/h6,8,12-13,16H,3-5,7,9-11H2,1-2H3. The van der Waals surface area contributed by atoms with Gasteiger partial charge in [-0.3, -0.25) is 0 Å². The molecule has 2 rings (SSSR count). The fraction of sp³-hybridized carbons (Fsp3) is 0.786. The highest BCUT2D eigenvalue weighted by Crippen LogP contribution is 2.33. The fourth-order valence-corrected chi connectivity index (χ4v) is 3.85. The summed E-state index contributed by atoms with van der Waals surface area (Å²) < 4.78 is 2.15. The second-order valence-corrected chi connectivity index (χ2v) is 7.07. The van der Waals surface area contributed by atoms with Crippen LogP contribution in [0.25, 0.3) is 0 Å². The zero-order chi connectivity index (χ0) is 12.8. The number of hydrogen-bond acceptors (Lipinski definition) is 3. The largest absolute Gasteiger partial charge is 0.337 e. The van der Waals surface area contributed by atoms with Gasteiger partial charge >= 0.3 is 0 Å². The van der Waals surface area contributed by atoms with E-state index in [2.05, 4.69) is 40.5 Å². The molecule has 102 valence electrons. The van der Waals surface area contributed by atoms with Crippen LogP contribution in [-0.4, -0.2) is 33.6 Å². The third kappa shape index (κ3) is 4.65. The number of thioether (sulfide) groups is 1. The van der Waals surface area contributed by atoms with E-state index in [0.29, 0.717) is 11.5 Å². The van der Waals surface area contributed by atoms with Crippen molar-refractivity contribution >= 4 is 11.8 Å². The molecule has 2 heterocycles. The van der Waals surface area contributed by atoms with Gasteiger partial charge in [0.25, 0.3) is 0 Å². The van der Waals surface area contributed by atoms with Crippen LogP contribution in [0.15, 0.2) is 18.7 Å². The number of aryl methyl sites for hydroxylation is 1. The predicted octanol–water partition coefficient (Wildman–Crippen LogP) is 2.78. The molecular formula is C14H25N3S. The highest BCUT2D eigenvalue weighted by molar-refractivity contribution is 7.99. The molecule has 1 saturated heterocycles. The minimum Gasteiger partial charge on any atom is -0.337 e. The molecule has 4 heteroatoms. The van der Waals surface area contributed by atoms with Gasteiger partial charge in [0, 0.05) is 30.7 Å². The Labute approximate surface area is 115 Å². The molecule has 0 bridgehead atoms. The molecule has 0 radical (unpaired) electrons. The van der Waals surface area contributed by atoms with E-state index in [-0.39, 0.29) is 0 Å². The van der Waals surface area contributed by atoms with E-state index < -0.39 is 0 Å². The predicted molar refractivity (Wildman–Crippen MR) is 79.0 cm³/mol. The Morgan fingerprint density at radius 1 is 1.44 bits per heavy atom. The molecule has 1 aromatic heterocycles. The van der Waals surface area contributed by atoms with Crippen molar-refractivity contribution < 1.29 is 0 Å². The number of hydrogen-bond donors (Lipinski definition) is 1. The molecule has 1 aliphatic heterocycles. The van der Waals surface area contributed by atoms with Gasteiger partial charge in [0.05, 0.1) is 6.33 Å². The first-order chi connectivity index (χ1) is 8.66. The zero-order valence-corrected chi connectivity index (χ0v) is 12.4. The van der Waals surface area contributed by atoms with Gasteiger partial charge in [-0.05, 0) is 37.0 Å². The Morgan fingerprint density at radius 2 is 2.33 bits per heavy atom. The average Bonchev–Trinajstić information content (AvgIpc) is 2.80. The number of nitrogens with one attached hydrogen (secondary N) is 1. The summed E-state index contributed by atoms with van der Waals surface area (Å²) in [5, 5.41) is 3.71. The summed E-state index contributed by atoms with van der Waals surface area (Å²) in [5.74, 6) is 2.59. The minimum atomic E-state index is 0.511. The molecule has 18 heavy (non-hydrogen) atoms. The van der Waals surface area contributed by atoms with E-state index in [4.69, 9.17) is 0 Å². The van der Waals surface area contributed by atoms with E-state index in [1.54, 1.807) is 0 Å². The van der Waals surface area contributed by atoms with Crippen LogP contribution in [0.4, 0.5) is 0 Å². The lowest BCUT2D eigenvalue weighted by atomic mass is 9.88. The van der Waals surface area contributed by atoms with Crippen molar-refractivity contribution in [1.29, 1.82) is 0 Å². The summed E-state index contributed by atoms with van der Waals surface area (Å²) in [6, 6.07) is 0.715. The third-order valence-electron chi connectivity index (χ3n) is 3.45. The molecule has 1 aromatic rings. The van der Waals surface area contributed by atoms with E-state index in [9.17, 15) is 0 Å². The Hall–Kier alpha value is -0.480. The van der Waals surface area contributed by atoms with Gasteiger partial charge in [0.1, 0.15) is 0 Å². The summed E-state index contributed by atoms with van der Waals surface area (Å²) in [4.78, 5) is 4.06. The van der Waals surface area contributed by atoms with Gasteiger partial charge in [-0.2, -0.15) is 11.8 Å².